The zero-order chi connectivity index (χ0) is 22.0. The van der Waals surface area contributed by atoms with Gasteiger partial charge in [0.15, 0.2) is 0 Å². The summed E-state index contributed by atoms with van der Waals surface area (Å²) in [6.07, 6.45) is -4.10. The number of alkyl halides is 3. The Morgan fingerprint density at radius 2 is 1.87 bits per heavy atom. The maximum absolute atomic E-state index is 12.9. The highest BCUT2D eigenvalue weighted by atomic mass is 32.1. The summed E-state index contributed by atoms with van der Waals surface area (Å²) in [7, 11) is 0. The van der Waals surface area contributed by atoms with Crippen LogP contribution in [0.2, 0.25) is 0 Å². The molecular weight excluding hydrogens is 423 g/mol. The predicted molar refractivity (Wildman–Crippen MR) is 118 cm³/mol. The largest absolute Gasteiger partial charge is 0.416 e. The average molecular weight is 441 g/mol. The number of aryl methyl sites for hydroxylation is 1. The molecule has 0 radical (unpaired) electrons. The Bertz CT molecular complexity index is 1240. The number of hydrogen-bond acceptors (Lipinski definition) is 4. The Kier molecular flexibility index (Phi) is 5.65. The zero-order valence-electron chi connectivity index (χ0n) is 16.5. The molecule has 1 amide bonds. The zero-order valence-corrected chi connectivity index (χ0v) is 17.3. The number of amides is 1. The third kappa shape index (κ3) is 5.03. The molecular formula is C23H18F3N3OS. The summed E-state index contributed by atoms with van der Waals surface area (Å²) >= 11 is 1.53. The Hall–Kier alpha value is -3.39. The van der Waals surface area contributed by atoms with Crippen LogP contribution in [-0.2, 0) is 17.4 Å². The van der Waals surface area contributed by atoms with Gasteiger partial charge >= 0.3 is 6.18 Å². The minimum absolute atomic E-state index is 0.102. The molecule has 4 rings (SSSR count). The van der Waals surface area contributed by atoms with Crippen LogP contribution in [0.15, 0.2) is 66.0 Å². The van der Waals surface area contributed by atoms with Crippen molar-refractivity contribution >= 4 is 45.3 Å². The molecule has 0 aliphatic rings. The number of fused-ring (bicyclic) bond motifs is 1. The van der Waals surface area contributed by atoms with Crippen molar-refractivity contribution in [3.05, 3.63) is 82.0 Å². The smallest absolute Gasteiger partial charge is 0.340 e. The van der Waals surface area contributed by atoms with Crippen molar-refractivity contribution in [1.29, 1.82) is 0 Å². The van der Waals surface area contributed by atoms with Gasteiger partial charge in [0.2, 0.25) is 5.91 Å². The lowest BCUT2D eigenvalue weighted by Crippen LogP contribution is -2.13. The predicted octanol–water partition coefficient (Wildman–Crippen LogP) is 6.55. The van der Waals surface area contributed by atoms with Crippen molar-refractivity contribution in [2.24, 2.45) is 0 Å². The summed E-state index contributed by atoms with van der Waals surface area (Å²) in [6.45, 7) is 1.89. The van der Waals surface area contributed by atoms with Crippen molar-refractivity contribution in [3.8, 4) is 0 Å². The number of hydrogen-bond donors (Lipinski definition) is 2. The van der Waals surface area contributed by atoms with E-state index in [0.29, 0.717) is 29.1 Å². The third-order valence-electron chi connectivity index (χ3n) is 4.68. The summed E-state index contributed by atoms with van der Waals surface area (Å²) < 4.78 is 38.8. The van der Waals surface area contributed by atoms with Gasteiger partial charge in [-0.15, -0.1) is 11.3 Å². The van der Waals surface area contributed by atoms with Crippen LogP contribution in [0.25, 0.3) is 10.9 Å². The number of benzene rings is 2. The van der Waals surface area contributed by atoms with E-state index in [2.05, 4.69) is 15.6 Å². The number of nitrogens with zero attached hydrogens (tertiary/aromatic N) is 1. The fourth-order valence-electron chi connectivity index (χ4n) is 3.23. The number of halogens is 3. The van der Waals surface area contributed by atoms with Crippen LogP contribution in [0.4, 0.5) is 30.4 Å². The van der Waals surface area contributed by atoms with Crippen LogP contribution in [0.1, 0.15) is 16.0 Å². The number of thiophene rings is 1. The van der Waals surface area contributed by atoms with Gasteiger partial charge in [0.25, 0.3) is 0 Å². The minimum Gasteiger partial charge on any atom is -0.340 e. The van der Waals surface area contributed by atoms with Gasteiger partial charge in [-0.2, -0.15) is 13.2 Å². The Morgan fingerprint density at radius 3 is 2.61 bits per heavy atom. The highest BCUT2D eigenvalue weighted by molar-refractivity contribution is 7.10. The molecule has 31 heavy (non-hydrogen) atoms. The minimum atomic E-state index is -4.41. The Balaban J connectivity index is 1.54. The van der Waals surface area contributed by atoms with Gasteiger partial charge in [0.1, 0.15) is 5.82 Å². The molecule has 2 N–H and O–H groups in total. The molecule has 4 nitrogen and oxygen atoms in total. The molecule has 0 atom stereocenters. The molecule has 0 saturated carbocycles. The van der Waals surface area contributed by atoms with Crippen LogP contribution in [0.5, 0.6) is 0 Å². The number of rotatable bonds is 5. The average Bonchev–Trinajstić information content (AvgIpc) is 3.21. The van der Waals surface area contributed by atoms with E-state index in [1.165, 1.54) is 17.4 Å². The molecule has 0 unspecified atom stereocenters. The first kappa shape index (κ1) is 20.9. The van der Waals surface area contributed by atoms with Crippen molar-refractivity contribution < 1.29 is 18.0 Å². The second kappa shape index (κ2) is 8.39. The van der Waals surface area contributed by atoms with Crippen LogP contribution in [0.3, 0.4) is 0 Å². The standard InChI is InChI=1S/C23H18F3N3OS/c1-14-10-21(27-16-5-2-4-15(11-16)23(24,25)26)29-20-8-7-17(12-19(14)20)28-22(30)13-18-6-3-9-31-18/h2-12H,13H2,1H3,(H,27,29)(H,28,30). The summed E-state index contributed by atoms with van der Waals surface area (Å²) in [5.41, 5.74) is 1.80. The molecule has 4 aromatic rings. The number of nitrogens with one attached hydrogen (secondary N) is 2. The van der Waals surface area contributed by atoms with Gasteiger partial charge in [-0.3, -0.25) is 4.79 Å². The lowest BCUT2D eigenvalue weighted by Gasteiger charge is -2.12. The SMILES string of the molecule is Cc1cc(Nc2cccc(C(F)(F)F)c2)nc2ccc(NC(=O)Cc3cccs3)cc12. The van der Waals surface area contributed by atoms with E-state index < -0.39 is 11.7 Å². The highest BCUT2D eigenvalue weighted by Crippen LogP contribution is 2.32. The lowest BCUT2D eigenvalue weighted by molar-refractivity contribution is -0.137. The Labute approximate surface area is 180 Å². The number of carbonyl (C=O) groups excluding carboxylic acids is 1. The van der Waals surface area contributed by atoms with Crippen LogP contribution >= 0.6 is 11.3 Å². The molecule has 0 spiro atoms. The lowest BCUT2D eigenvalue weighted by atomic mass is 10.1. The van der Waals surface area contributed by atoms with Crippen molar-refractivity contribution in [2.75, 3.05) is 10.6 Å². The molecule has 2 aromatic heterocycles. The number of pyridine rings is 1. The molecule has 0 fully saturated rings. The van der Waals surface area contributed by atoms with E-state index in [1.807, 2.05) is 30.5 Å². The van der Waals surface area contributed by atoms with Gasteiger partial charge in [0.05, 0.1) is 17.5 Å². The van der Waals surface area contributed by atoms with Crippen LogP contribution in [0, 0.1) is 6.92 Å². The Morgan fingerprint density at radius 1 is 1.03 bits per heavy atom. The third-order valence-corrected chi connectivity index (χ3v) is 5.55. The van der Waals surface area contributed by atoms with Gasteiger partial charge in [-0.25, -0.2) is 4.98 Å². The van der Waals surface area contributed by atoms with E-state index in [-0.39, 0.29) is 5.91 Å². The maximum atomic E-state index is 12.9. The monoisotopic (exact) mass is 441 g/mol. The number of aromatic nitrogens is 1. The summed E-state index contributed by atoms with van der Waals surface area (Å²) in [5.74, 6) is 0.342. The van der Waals surface area contributed by atoms with Crippen molar-refractivity contribution in [3.63, 3.8) is 0 Å². The van der Waals surface area contributed by atoms with E-state index in [4.69, 9.17) is 0 Å². The molecule has 0 saturated heterocycles. The first-order valence-corrected chi connectivity index (χ1v) is 10.3. The molecule has 158 valence electrons. The van der Waals surface area contributed by atoms with E-state index in [9.17, 15) is 18.0 Å². The molecule has 2 heterocycles. The second-order valence-corrected chi connectivity index (χ2v) is 8.10. The van der Waals surface area contributed by atoms with Crippen molar-refractivity contribution in [1.82, 2.24) is 4.98 Å². The normalized spacial score (nSPS) is 11.5. The summed E-state index contributed by atoms with van der Waals surface area (Å²) in [4.78, 5) is 17.7. The molecule has 8 heteroatoms. The summed E-state index contributed by atoms with van der Waals surface area (Å²) in [6, 6.07) is 16.0. The van der Waals surface area contributed by atoms with Gasteiger partial charge in [0, 0.05) is 21.6 Å². The van der Waals surface area contributed by atoms with E-state index in [0.717, 1.165) is 28.0 Å². The first-order chi connectivity index (χ1) is 14.8. The van der Waals surface area contributed by atoms with E-state index >= 15 is 0 Å². The van der Waals surface area contributed by atoms with Crippen LogP contribution in [-0.4, -0.2) is 10.9 Å². The van der Waals surface area contributed by atoms with Crippen LogP contribution < -0.4 is 10.6 Å². The molecule has 0 bridgehead atoms. The fraction of sp³-hybridized carbons (Fsp3) is 0.130. The quantitative estimate of drug-likeness (QED) is 0.369. The molecule has 0 aliphatic heterocycles. The molecule has 2 aromatic carbocycles. The van der Waals surface area contributed by atoms with Gasteiger partial charge < -0.3 is 10.6 Å². The van der Waals surface area contributed by atoms with E-state index in [1.54, 1.807) is 24.3 Å². The molecule has 0 aliphatic carbocycles. The first-order valence-electron chi connectivity index (χ1n) is 9.46. The number of anilines is 3. The highest BCUT2D eigenvalue weighted by Gasteiger charge is 2.30. The topological polar surface area (TPSA) is 54.0 Å². The van der Waals surface area contributed by atoms with Crippen molar-refractivity contribution in [2.45, 2.75) is 19.5 Å². The fourth-order valence-corrected chi connectivity index (χ4v) is 3.94. The second-order valence-electron chi connectivity index (χ2n) is 7.06. The van der Waals surface area contributed by atoms with Gasteiger partial charge in [-0.05, 0) is 66.4 Å². The maximum Gasteiger partial charge on any atom is 0.416 e. The van der Waals surface area contributed by atoms with Gasteiger partial charge in [-0.1, -0.05) is 12.1 Å². The number of carbonyl (C=O) groups is 1. The summed E-state index contributed by atoms with van der Waals surface area (Å²) in [5, 5.41) is 8.61.